The first-order chi connectivity index (χ1) is 15.2. The van der Waals surface area contributed by atoms with Crippen molar-refractivity contribution in [2.24, 2.45) is 0 Å². The lowest BCUT2D eigenvalue weighted by molar-refractivity contribution is 0.0783. The number of urea groups is 1. The van der Waals surface area contributed by atoms with Gasteiger partial charge in [-0.05, 0) is 72.7 Å². The third-order valence-corrected chi connectivity index (χ3v) is 6.40. The number of nitriles is 2. The lowest BCUT2D eigenvalue weighted by atomic mass is 9.90. The molecule has 3 N–H and O–H groups in total. The summed E-state index contributed by atoms with van der Waals surface area (Å²) in [4.78, 5) is 12.4. The lowest BCUT2D eigenvalue weighted by Crippen LogP contribution is -2.35. The number of rotatable bonds is 6. The molecule has 2 aromatic carbocycles. The molecule has 2 rings (SSSR count). The zero-order valence-corrected chi connectivity index (χ0v) is 20.3. The minimum atomic E-state index is -4.35. The van der Waals surface area contributed by atoms with Gasteiger partial charge in [0.1, 0.15) is 0 Å². The zero-order valence-electron chi connectivity index (χ0n) is 19.5. The van der Waals surface area contributed by atoms with Gasteiger partial charge in [0.15, 0.2) is 0 Å². The van der Waals surface area contributed by atoms with Crippen LogP contribution in [0.5, 0.6) is 0 Å². The molecule has 0 aromatic heterocycles. The van der Waals surface area contributed by atoms with E-state index < -0.39 is 21.7 Å². The molecule has 0 aliphatic rings. The van der Waals surface area contributed by atoms with E-state index in [1.54, 1.807) is 12.1 Å². The molecule has 2 aromatic rings. The summed E-state index contributed by atoms with van der Waals surface area (Å²) in [6.07, 6.45) is 0. The van der Waals surface area contributed by atoms with E-state index in [9.17, 15) is 28.8 Å². The zero-order chi connectivity index (χ0) is 25.1. The van der Waals surface area contributed by atoms with Crippen LogP contribution < -0.4 is 10.0 Å². The first-order valence-electron chi connectivity index (χ1n) is 10.4. The standard InChI is InChI=1S/C24H28N4O4S/c1-14(2)20-9-17(13-26)10-21(15(3)4)22(20)27-23(29)28-33(31,32)19-8-16(12-25)7-18(11-19)24(5,6)30/h7-11,14-15,30H,1-6H3,(H2,27,28,29). The molecule has 9 heteroatoms. The second-order valence-electron chi connectivity index (χ2n) is 8.93. The van der Waals surface area contributed by atoms with E-state index in [0.717, 1.165) is 6.07 Å². The van der Waals surface area contributed by atoms with Crippen LogP contribution in [0.4, 0.5) is 10.5 Å². The maximum absolute atomic E-state index is 12.9. The van der Waals surface area contributed by atoms with Crippen LogP contribution in [0.1, 0.15) is 81.2 Å². The van der Waals surface area contributed by atoms with Gasteiger partial charge in [-0.2, -0.15) is 10.5 Å². The van der Waals surface area contributed by atoms with Gasteiger partial charge < -0.3 is 10.4 Å². The Balaban J connectivity index is 2.47. The normalized spacial score (nSPS) is 11.7. The van der Waals surface area contributed by atoms with Crippen LogP contribution >= 0.6 is 0 Å². The Morgan fingerprint density at radius 1 is 0.939 bits per heavy atom. The SMILES string of the molecule is CC(C)c1cc(C#N)cc(C(C)C)c1NC(=O)NS(=O)(=O)c1cc(C#N)cc(C(C)(C)O)c1. The second kappa shape index (κ2) is 9.62. The molecule has 0 fully saturated rings. The number of hydrogen-bond donors (Lipinski definition) is 3. The summed E-state index contributed by atoms with van der Waals surface area (Å²) in [5, 5.41) is 31.5. The highest BCUT2D eigenvalue weighted by Gasteiger charge is 2.25. The fourth-order valence-corrected chi connectivity index (χ4v) is 4.28. The molecule has 174 valence electrons. The predicted molar refractivity (Wildman–Crippen MR) is 125 cm³/mol. The fourth-order valence-electron chi connectivity index (χ4n) is 3.30. The monoisotopic (exact) mass is 468 g/mol. The Hall–Kier alpha value is -3.40. The average molecular weight is 469 g/mol. The molecule has 2 amide bonds. The summed E-state index contributed by atoms with van der Waals surface area (Å²) >= 11 is 0. The van der Waals surface area contributed by atoms with Crippen molar-refractivity contribution in [1.82, 2.24) is 4.72 Å². The van der Waals surface area contributed by atoms with Crippen molar-refractivity contribution >= 4 is 21.7 Å². The van der Waals surface area contributed by atoms with Gasteiger partial charge >= 0.3 is 6.03 Å². The quantitative estimate of drug-likeness (QED) is 0.573. The Morgan fingerprint density at radius 2 is 1.42 bits per heavy atom. The molecule has 0 saturated heterocycles. The third-order valence-electron chi connectivity index (χ3n) is 5.09. The first-order valence-corrected chi connectivity index (χ1v) is 11.9. The highest BCUT2D eigenvalue weighted by Crippen LogP contribution is 2.34. The minimum absolute atomic E-state index is 0.0340. The maximum Gasteiger partial charge on any atom is 0.333 e. The Labute approximate surface area is 194 Å². The maximum atomic E-state index is 12.9. The van der Waals surface area contributed by atoms with Crippen molar-refractivity contribution < 1.29 is 18.3 Å². The van der Waals surface area contributed by atoms with E-state index in [0.29, 0.717) is 22.4 Å². The van der Waals surface area contributed by atoms with Gasteiger partial charge in [-0.1, -0.05) is 27.7 Å². The number of carbonyl (C=O) groups excluding carboxylic acids is 1. The molecule has 0 unspecified atom stereocenters. The summed E-state index contributed by atoms with van der Waals surface area (Å²) in [5.41, 5.74) is 1.19. The van der Waals surface area contributed by atoms with E-state index >= 15 is 0 Å². The Kier molecular flexibility index (Phi) is 7.53. The summed E-state index contributed by atoms with van der Waals surface area (Å²) in [5.74, 6) is -0.0753. The number of nitrogens with one attached hydrogen (secondary N) is 2. The van der Waals surface area contributed by atoms with Crippen LogP contribution in [0.15, 0.2) is 35.2 Å². The van der Waals surface area contributed by atoms with E-state index in [1.165, 1.54) is 26.0 Å². The number of aliphatic hydroxyl groups is 1. The Bertz CT molecular complexity index is 1230. The van der Waals surface area contributed by atoms with Crippen molar-refractivity contribution in [2.45, 2.75) is 63.9 Å². The summed E-state index contributed by atoms with van der Waals surface area (Å²) in [6, 6.07) is 10.1. The highest BCUT2D eigenvalue weighted by molar-refractivity contribution is 7.90. The van der Waals surface area contributed by atoms with E-state index in [1.807, 2.05) is 38.5 Å². The van der Waals surface area contributed by atoms with Crippen molar-refractivity contribution in [2.75, 3.05) is 5.32 Å². The highest BCUT2D eigenvalue weighted by atomic mass is 32.2. The van der Waals surface area contributed by atoms with Crippen LogP contribution in [-0.4, -0.2) is 19.6 Å². The molecule has 0 atom stereocenters. The first kappa shape index (κ1) is 25.9. The third kappa shape index (κ3) is 6.10. The Morgan fingerprint density at radius 3 is 1.85 bits per heavy atom. The molecular weight excluding hydrogens is 440 g/mol. The van der Waals surface area contributed by atoms with Crippen molar-refractivity contribution in [3.63, 3.8) is 0 Å². The van der Waals surface area contributed by atoms with Gasteiger partial charge in [0, 0.05) is 5.69 Å². The van der Waals surface area contributed by atoms with Crippen molar-refractivity contribution in [3.05, 3.63) is 58.1 Å². The van der Waals surface area contributed by atoms with Crippen molar-refractivity contribution in [3.8, 4) is 12.1 Å². The molecule has 0 saturated carbocycles. The number of carbonyl (C=O) groups is 1. The number of benzene rings is 2. The number of sulfonamides is 1. The molecule has 33 heavy (non-hydrogen) atoms. The van der Waals surface area contributed by atoms with Crippen molar-refractivity contribution in [1.29, 1.82) is 10.5 Å². The fraction of sp³-hybridized carbons (Fsp3) is 0.375. The average Bonchev–Trinajstić information content (AvgIpc) is 2.71. The van der Waals surface area contributed by atoms with Crippen LogP contribution in [-0.2, 0) is 15.6 Å². The number of amides is 2. The summed E-state index contributed by atoms with van der Waals surface area (Å²) < 4.78 is 27.8. The smallest absolute Gasteiger partial charge is 0.333 e. The molecule has 0 bridgehead atoms. The predicted octanol–water partition coefficient (Wildman–Crippen LogP) is 4.41. The van der Waals surface area contributed by atoms with Gasteiger partial charge in [-0.25, -0.2) is 17.9 Å². The molecule has 0 radical (unpaired) electrons. The largest absolute Gasteiger partial charge is 0.386 e. The van der Waals surface area contributed by atoms with Crippen LogP contribution in [0.25, 0.3) is 0 Å². The second-order valence-corrected chi connectivity index (χ2v) is 10.6. The summed E-state index contributed by atoms with van der Waals surface area (Å²) in [6.45, 7) is 10.6. The number of nitrogens with zero attached hydrogens (tertiary/aromatic N) is 2. The van der Waals surface area contributed by atoms with Gasteiger partial charge in [-0.3, -0.25) is 0 Å². The number of anilines is 1. The molecular formula is C24H28N4O4S. The molecule has 0 aliphatic heterocycles. The molecule has 0 spiro atoms. The van der Waals surface area contributed by atoms with Gasteiger partial charge in [0.05, 0.1) is 33.8 Å². The van der Waals surface area contributed by atoms with E-state index in [-0.39, 0.29) is 27.9 Å². The van der Waals surface area contributed by atoms with E-state index in [4.69, 9.17) is 0 Å². The van der Waals surface area contributed by atoms with Crippen LogP contribution in [0.2, 0.25) is 0 Å². The van der Waals surface area contributed by atoms with Gasteiger partial charge in [-0.15, -0.1) is 0 Å². The van der Waals surface area contributed by atoms with Crippen LogP contribution in [0, 0.1) is 22.7 Å². The minimum Gasteiger partial charge on any atom is -0.386 e. The van der Waals surface area contributed by atoms with Gasteiger partial charge in [0.25, 0.3) is 10.0 Å². The molecule has 0 aliphatic carbocycles. The lowest BCUT2D eigenvalue weighted by Gasteiger charge is -2.21. The number of hydrogen-bond acceptors (Lipinski definition) is 6. The summed E-state index contributed by atoms with van der Waals surface area (Å²) in [7, 11) is -4.35. The topological polar surface area (TPSA) is 143 Å². The van der Waals surface area contributed by atoms with E-state index in [2.05, 4.69) is 11.4 Å². The van der Waals surface area contributed by atoms with Gasteiger partial charge in [0.2, 0.25) is 0 Å². The molecule has 0 heterocycles. The molecule has 8 nitrogen and oxygen atoms in total. The van der Waals surface area contributed by atoms with Crippen LogP contribution in [0.3, 0.4) is 0 Å².